The molecule has 6 nitrogen and oxygen atoms in total. The molecule has 0 saturated carbocycles. The molecule has 4 N–H and O–H groups in total. The molecule has 0 amide bonds. The van der Waals surface area contributed by atoms with Crippen LogP contribution in [0, 0.1) is 12.3 Å². The summed E-state index contributed by atoms with van der Waals surface area (Å²) in [6.45, 7) is 0. The minimum Gasteiger partial charge on any atom is -0.478 e. The predicted octanol–water partition coefficient (Wildman–Crippen LogP) is 2.87. The van der Waals surface area contributed by atoms with Crippen LogP contribution >= 0.6 is 12.2 Å². The van der Waals surface area contributed by atoms with E-state index in [4.69, 9.17) is 28.9 Å². The third-order valence-corrected chi connectivity index (χ3v) is 3.18. The van der Waals surface area contributed by atoms with Crippen LogP contribution in [0.15, 0.2) is 42.5 Å². The maximum atomic E-state index is 11.1. The largest absolute Gasteiger partial charge is 0.478 e. The number of anilines is 2. The molecule has 0 radical (unpaired) electrons. The van der Waals surface area contributed by atoms with Gasteiger partial charge < -0.3 is 20.8 Å². The summed E-state index contributed by atoms with van der Waals surface area (Å²) in [5, 5.41) is 23.9. The van der Waals surface area contributed by atoms with E-state index in [1.807, 2.05) is 0 Å². The molecule has 0 aliphatic rings. The van der Waals surface area contributed by atoms with Gasteiger partial charge in [-0.15, -0.1) is 6.42 Å². The van der Waals surface area contributed by atoms with E-state index < -0.39 is 11.9 Å². The topological polar surface area (TPSA) is 98.7 Å². The minimum atomic E-state index is -1.23. The van der Waals surface area contributed by atoms with Gasteiger partial charge in [0.15, 0.2) is 5.11 Å². The Balaban J connectivity index is 2.20. The van der Waals surface area contributed by atoms with Gasteiger partial charge in [0.1, 0.15) is 0 Å². The average Bonchev–Trinajstić information content (AvgIpc) is 2.54. The van der Waals surface area contributed by atoms with Gasteiger partial charge in [-0.2, -0.15) is 0 Å². The van der Waals surface area contributed by atoms with Crippen LogP contribution in [-0.2, 0) is 0 Å². The molecule has 0 bridgehead atoms. The van der Waals surface area contributed by atoms with E-state index >= 15 is 0 Å². The van der Waals surface area contributed by atoms with Crippen LogP contribution in [0.2, 0.25) is 0 Å². The second-order valence-corrected chi connectivity index (χ2v) is 5.12. The lowest BCUT2D eigenvalue weighted by Gasteiger charge is -2.12. The molecule has 7 heteroatoms. The Morgan fingerprint density at radius 1 is 0.958 bits per heavy atom. The Morgan fingerprint density at radius 2 is 1.54 bits per heavy atom. The number of rotatable bonds is 4. The highest BCUT2D eigenvalue weighted by Gasteiger charge is 2.12. The summed E-state index contributed by atoms with van der Waals surface area (Å²) < 4.78 is 0. The van der Waals surface area contributed by atoms with Crippen LogP contribution in [0.4, 0.5) is 11.4 Å². The third kappa shape index (κ3) is 4.32. The number of hydrogen-bond acceptors (Lipinski definition) is 3. The highest BCUT2D eigenvalue weighted by Crippen LogP contribution is 2.17. The molecule has 2 aromatic carbocycles. The second-order valence-electron chi connectivity index (χ2n) is 4.71. The summed E-state index contributed by atoms with van der Waals surface area (Å²) in [6.07, 6.45) is 5.33. The van der Waals surface area contributed by atoms with Gasteiger partial charge >= 0.3 is 11.9 Å². The minimum absolute atomic E-state index is 0.158. The first kappa shape index (κ1) is 17.0. The van der Waals surface area contributed by atoms with Crippen molar-refractivity contribution in [3.05, 3.63) is 59.2 Å². The summed E-state index contributed by atoms with van der Waals surface area (Å²) >= 11 is 5.15. The number of hydrogen-bond donors (Lipinski definition) is 4. The lowest BCUT2D eigenvalue weighted by Crippen LogP contribution is -2.19. The summed E-state index contributed by atoms with van der Waals surface area (Å²) in [6, 6.07) is 10.6. The Hall–Kier alpha value is -3.37. The van der Waals surface area contributed by atoms with Gasteiger partial charge in [0, 0.05) is 16.9 Å². The maximum Gasteiger partial charge on any atom is 0.335 e. The summed E-state index contributed by atoms with van der Waals surface area (Å²) in [5.41, 5.74) is 1.25. The van der Waals surface area contributed by atoms with Gasteiger partial charge in [-0.1, -0.05) is 12.0 Å². The Bertz CT molecular complexity index is 839. The fraction of sp³-hybridized carbons (Fsp3) is 0. The molecule has 0 atom stereocenters. The van der Waals surface area contributed by atoms with Crippen LogP contribution in [0.1, 0.15) is 26.3 Å². The second kappa shape index (κ2) is 7.26. The average molecular weight is 340 g/mol. The van der Waals surface area contributed by atoms with Crippen molar-refractivity contribution in [1.29, 1.82) is 0 Å². The van der Waals surface area contributed by atoms with Crippen LogP contribution < -0.4 is 10.6 Å². The lowest BCUT2D eigenvalue weighted by atomic mass is 10.1. The van der Waals surface area contributed by atoms with Crippen molar-refractivity contribution in [2.24, 2.45) is 0 Å². The van der Waals surface area contributed by atoms with Gasteiger partial charge in [0.05, 0.1) is 11.1 Å². The molecule has 0 saturated heterocycles. The van der Waals surface area contributed by atoms with Crippen LogP contribution in [-0.4, -0.2) is 27.3 Å². The Kier molecular flexibility index (Phi) is 5.14. The zero-order valence-electron chi connectivity index (χ0n) is 12.2. The standard InChI is InChI=1S/C17H12N2O4S/c1-2-10-4-3-5-13(6-10)18-17(24)19-14-8-11(15(20)21)7-12(9-14)16(22)23/h1,3-9H,(H,20,21)(H,22,23)(H2,18,19,24). The molecule has 2 rings (SSSR count). The van der Waals surface area contributed by atoms with Gasteiger partial charge in [-0.05, 0) is 48.6 Å². The van der Waals surface area contributed by atoms with Crippen molar-refractivity contribution >= 4 is 40.6 Å². The zero-order chi connectivity index (χ0) is 17.7. The van der Waals surface area contributed by atoms with E-state index in [0.717, 1.165) is 6.07 Å². The van der Waals surface area contributed by atoms with Crippen molar-refractivity contribution < 1.29 is 19.8 Å². The van der Waals surface area contributed by atoms with Crippen LogP contribution in [0.5, 0.6) is 0 Å². The maximum absolute atomic E-state index is 11.1. The first-order chi connectivity index (χ1) is 11.4. The monoisotopic (exact) mass is 340 g/mol. The van der Waals surface area contributed by atoms with Crippen molar-refractivity contribution in [1.82, 2.24) is 0 Å². The van der Waals surface area contributed by atoms with E-state index in [9.17, 15) is 9.59 Å². The van der Waals surface area contributed by atoms with Gasteiger partial charge in [0.25, 0.3) is 0 Å². The van der Waals surface area contributed by atoms with Crippen molar-refractivity contribution in [2.75, 3.05) is 10.6 Å². The Morgan fingerprint density at radius 3 is 2.08 bits per heavy atom. The number of nitrogens with one attached hydrogen (secondary N) is 2. The van der Waals surface area contributed by atoms with Gasteiger partial charge in [0.2, 0.25) is 0 Å². The molecule has 0 fully saturated rings. The molecule has 2 aromatic rings. The van der Waals surface area contributed by atoms with Crippen molar-refractivity contribution in [2.45, 2.75) is 0 Å². The van der Waals surface area contributed by atoms with Crippen molar-refractivity contribution in [3.8, 4) is 12.3 Å². The highest BCUT2D eigenvalue weighted by atomic mass is 32.1. The van der Waals surface area contributed by atoms with E-state index in [0.29, 0.717) is 11.3 Å². The molecule has 0 unspecified atom stereocenters. The highest BCUT2D eigenvalue weighted by molar-refractivity contribution is 7.80. The fourth-order valence-electron chi connectivity index (χ4n) is 1.93. The lowest BCUT2D eigenvalue weighted by molar-refractivity contribution is 0.0696. The van der Waals surface area contributed by atoms with Crippen molar-refractivity contribution in [3.63, 3.8) is 0 Å². The number of thiocarbonyl (C=S) groups is 1. The Labute approximate surface area is 143 Å². The van der Waals surface area contributed by atoms with E-state index in [1.165, 1.54) is 12.1 Å². The summed E-state index contributed by atoms with van der Waals surface area (Å²) in [7, 11) is 0. The number of carboxylic acids is 2. The van der Waals surface area contributed by atoms with Crippen LogP contribution in [0.25, 0.3) is 0 Å². The van der Waals surface area contributed by atoms with Crippen LogP contribution in [0.3, 0.4) is 0 Å². The third-order valence-electron chi connectivity index (χ3n) is 2.97. The molecule has 120 valence electrons. The summed E-state index contributed by atoms with van der Waals surface area (Å²) in [4.78, 5) is 22.2. The quantitative estimate of drug-likeness (QED) is 0.502. The molecule has 0 aliphatic carbocycles. The molecule has 0 aromatic heterocycles. The fourth-order valence-corrected chi connectivity index (χ4v) is 2.16. The molecule has 0 aliphatic heterocycles. The van der Waals surface area contributed by atoms with E-state index in [2.05, 4.69) is 16.6 Å². The molecule has 24 heavy (non-hydrogen) atoms. The predicted molar refractivity (Wildman–Crippen MR) is 94.6 cm³/mol. The number of carboxylic acid groups (broad SMARTS) is 2. The van der Waals surface area contributed by atoms with Gasteiger partial charge in [-0.25, -0.2) is 9.59 Å². The van der Waals surface area contributed by atoms with E-state index in [-0.39, 0.29) is 21.9 Å². The molecular weight excluding hydrogens is 328 g/mol. The summed E-state index contributed by atoms with van der Waals surface area (Å²) in [5.74, 6) is 0.0270. The zero-order valence-corrected chi connectivity index (χ0v) is 13.1. The first-order valence-electron chi connectivity index (χ1n) is 6.65. The number of carbonyl (C=O) groups is 2. The molecule has 0 heterocycles. The molecular formula is C17H12N2O4S. The smallest absolute Gasteiger partial charge is 0.335 e. The van der Waals surface area contributed by atoms with Gasteiger partial charge in [-0.3, -0.25) is 0 Å². The number of benzene rings is 2. The SMILES string of the molecule is C#Cc1cccc(NC(=S)Nc2cc(C(=O)O)cc(C(=O)O)c2)c1. The molecule has 0 spiro atoms. The van der Waals surface area contributed by atoms with E-state index in [1.54, 1.807) is 24.3 Å². The first-order valence-corrected chi connectivity index (χ1v) is 7.06. The number of aromatic carboxylic acids is 2. The number of terminal acetylenes is 1. The normalized spacial score (nSPS) is 9.62.